The van der Waals surface area contributed by atoms with E-state index in [9.17, 15) is 30.5 Å². The van der Waals surface area contributed by atoms with Crippen LogP contribution >= 0.6 is 11.6 Å². The fourth-order valence-electron chi connectivity index (χ4n) is 6.52. The number of nitrogens with zero attached hydrogens (tertiary/aromatic N) is 3. The summed E-state index contributed by atoms with van der Waals surface area (Å²) in [6.07, 6.45) is 4.15. The van der Waals surface area contributed by atoms with Crippen molar-refractivity contribution >= 4 is 17.6 Å². The van der Waals surface area contributed by atoms with Crippen molar-refractivity contribution in [1.82, 2.24) is 15.2 Å². The van der Waals surface area contributed by atoms with Crippen LogP contribution in [0.5, 0.6) is 17.2 Å². The predicted octanol–water partition coefficient (Wildman–Crippen LogP) is 5.42. The Morgan fingerprint density at radius 3 is 2.45 bits per heavy atom. The van der Waals surface area contributed by atoms with Gasteiger partial charge in [-0.25, -0.2) is 0 Å². The van der Waals surface area contributed by atoms with Gasteiger partial charge in [-0.1, -0.05) is 41.9 Å². The smallest absolute Gasteiger partial charge is 0.326 e. The standard InChI is InChI=1S/C42H49ClN4O8/c1-27-32(7-4-8-34(27)35-9-5-10-38(28(35)2)53-14-6-12-47-13-11-31(23-48)37(50)22-47)25-55-40-17-39(54-24-30-15-29(18-44)19-45-20-30)33(16-36(40)43)21-46-42(3,26-49)41(51)52/h4-5,7-10,15-17,19-20,31,37,46,48-50H,6,11-14,21-26H2,1-3H3,(H,51,52)/t31-,37-,42+/m1/s1. The van der Waals surface area contributed by atoms with E-state index < -0.39 is 24.2 Å². The van der Waals surface area contributed by atoms with E-state index in [0.717, 1.165) is 59.5 Å². The molecule has 3 atom stereocenters. The summed E-state index contributed by atoms with van der Waals surface area (Å²) in [7, 11) is 0. The lowest BCUT2D eigenvalue weighted by atomic mass is 9.93. The Morgan fingerprint density at radius 1 is 1.00 bits per heavy atom. The Bertz CT molecular complexity index is 1990. The number of halogens is 1. The van der Waals surface area contributed by atoms with Crippen molar-refractivity contribution in [3.63, 3.8) is 0 Å². The summed E-state index contributed by atoms with van der Waals surface area (Å²) < 4.78 is 18.7. The molecule has 55 heavy (non-hydrogen) atoms. The molecule has 2 heterocycles. The average Bonchev–Trinajstić information content (AvgIpc) is 3.18. The molecule has 0 unspecified atom stereocenters. The minimum atomic E-state index is -1.60. The normalized spacial score (nSPS) is 16.9. The number of likely N-dealkylation sites (tertiary alicyclic amines) is 1. The number of carboxylic acid groups (broad SMARTS) is 1. The summed E-state index contributed by atoms with van der Waals surface area (Å²) in [5.74, 6) is 0.292. The van der Waals surface area contributed by atoms with Gasteiger partial charge in [0.25, 0.3) is 0 Å². The molecule has 5 rings (SSSR count). The number of aliphatic carboxylic acids is 1. The Morgan fingerprint density at radius 2 is 1.75 bits per heavy atom. The number of carbonyl (C=O) groups is 1. The van der Waals surface area contributed by atoms with Crippen LogP contribution in [0.4, 0.5) is 0 Å². The summed E-state index contributed by atoms with van der Waals surface area (Å²) in [6.45, 7) is 7.94. The molecule has 12 nitrogen and oxygen atoms in total. The number of nitrogens with one attached hydrogen (secondary N) is 1. The van der Waals surface area contributed by atoms with Crippen molar-refractivity contribution in [2.45, 2.75) is 65.0 Å². The lowest BCUT2D eigenvalue weighted by molar-refractivity contribution is -0.145. The molecule has 0 saturated carbocycles. The van der Waals surface area contributed by atoms with Crippen LogP contribution in [0.3, 0.4) is 0 Å². The van der Waals surface area contributed by atoms with Crippen molar-refractivity contribution < 1.29 is 39.4 Å². The highest BCUT2D eigenvalue weighted by atomic mass is 35.5. The molecule has 0 radical (unpaired) electrons. The summed E-state index contributed by atoms with van der Waals surface area (Å²) >= 11 is 6.73. The van der Waals surface area contributed by atoms with Crippen LogP contribution in [0.25, 0.3) is 11.1 Å². The van der Waals surface area contributed by atoms with Gasteiger partial charge in [-0.05, 0) is 86.2 Å². The van der Waals surface area contributed by atoms with Gasteiger partial charge in [0.15, 0.2) is 0 Å². The molecular weight excluding hydrogens is 724 g/mol. The molecule has 292 valence electrons. The van der Waals surface area contributed by atoms with Crippen molar-refractivity contribution in [2.24, 2.45) is 5.92 Å². The molecule has 1 aliphatic rings. The molecule has 1 saturated heterocycles. The van der Waals surface area contributed by atoms with Gasteiger partial charge in [-0.3, -0.25) is 15.1 Å². The summed E-state index contributed by atoms with van der Waals surface area (Å²) in [5, 5.41) is 51.6. The zero-order valence-corrected chi connectivity index (χ0v) is 32.2. The third-order valence-corrected chi connectivity index (χ3v) is 10.5. The number of piperidine rings is 1. The number of hydrogen-bond donors (Lipinski definition) is 5. The molecule has 13 heteroatoms. The summed E-state index contributed by atoms with van der Waals surface area (Å²) in [4.78, 5) is 18.1. The fourth-order valence-corrected chi connectivity index (χ4v) is 6.76. The van der Waals surface area contributed by atoms with E-state index in [1.807, 2.05) is 38.1 Å². The van der Waals surface area contributed by atoms with Gasteiger partial charge in [0.1, 0.15) is 42.1 Å². The average molecular weight is 773 g/mol. The van der Waals surface area contributed by atoms with E-state index in [0.29, 0.717) is 46.4 Å². The molecule has 0 aliphatic carbocycles. The van der Waals surface area contributed by atoms with Crippen molar-refractivity contribution in [3.05, 3.63) is 105 Å². The second kappa shape index (κ2) is 19.2. The number of rotatable bonds is 18. The molecule has 4 aromatic rings. The quantitative estimate of drug-likeness (QED) is 0.0814. The molecule has 0 bridgehead atoms. The third kappa shape index (κ3) is 10.5. The Hall–Kier alpha value is -4.74. The molecule has 1 aromatic heterocycles. The van der Waals surface area contributed by atoms with Gasteiger partial charge in [0, 0.05) is 61.7 Å². The van der Waals surface area contributed by atoms with E-state index in [2.05, 4.69) is 33.4 Å². The van der Waals surface area contributed by atoms with Gasteiger partial charge >= 0.3 is 5.97 Å². The number of ether oxygens (including phenoxy) is 3. The first-order chi connectivity index (χ1) is 26.5. The van der Waals surface area contributed by atoms with E-state index in [1.54, 1.807) is 24.4 Å². The van der Waals surface area contributed by atoms with Gasteiger partial charge in [0.05, 0.1) is 29.9 Å². The van der Waals surface area contributed by atoms with Gasteiger partial charge in [-0.15, -0.1) is 0 Å². The van der Waals surface area contributed by atoms with Crippen molar-refractivity contribution in [2.75, 3.05) is 39.5 Å². The number of carboxylic acids is 1. The molecular formula is C42H49ClN4O8. The third-order valence-electron chi connectivity index (χ3n) is 10.2. The van der Waals surface area contributed by atoms with Gasteiger partial charge in [-0.2, -0.15) is 5.26 Å². The van der Waals surface area contributed by atoms with Crippen LogP contribution in [-0.2, 0) is 24.6 Å². The monoisotopic (exact) mass is 772 g/mol. The minimum Gasteiger partial charge on any atom is -0.493 e. The van der Waals surface area contributed by atoms with E-state index in [4.69, 9.17) is 25.8 Å². The maximum atomic E-state index is 11.8. The highest BCUT2D eigenvalue weighted by Crippen LogP contribution is 2.36. The minimum absolute atomic E-state index is 0.0200. The zero-order valence-electron chi connectivity index (χ0n) is 31.4. The number of nitriles is 1. The van der Waals surface area contributed by atoms with Crippen LogP contribution in [0, 0.1) is 31.1 Å². The predicted molar refractivity (Wildman–Crippen MR) is 208 cm³/mol. The Labute approximate surface area is 326 Å². The van der Waals surface area contributed by atoms with E-state index in [1.165, 1.54) is 13.1 Å². The van der Waals surface area contributed by atoms with Crippen LogP contribution in [-0.4, -0.2) is 87.4 Å². The molecule has 5 N–H and O–H groups in total. The zero-order chi connectivity index (χ0) is 39.5. The largest absolute Gasteiger partial charge is 0.493 e. The number of β-amino-alcohol motifs (C(OH)–C–C–N with tert-alkyl or cyclic N) is 1. The molecule has 0 spiro atoms. The second-order valence-electron chi connectivity index (χ2n) is 14.1. The number of benzene rings is 3. The van der Waals surface area contributed by atoms with Gasteiger partial charge < -0.3 is 39.5 Å². The van der Waals surface area contributed by atoms with Crippen molar-refractivity contribution in [3.8, 4) is 34.4 Å². The number of pyridine rings is 1. The van der Waals surface area contributed by atoms with Crippen LogP contribution in [0.2, 0.25) is 5.02 Å². The van der Waals surface area contributed by atoms with Crippen molar-refractivity contribution in [1.29, 1.82) is 5.26 Å². The first kappa shape index (κ1) is 41.4. The maximum absolute atomic E-state index is 11.8. The second-order valence-corrected chi connectivity index (χ2v) is 14.5. The maximum Gasteiger partial charge on any atom is 0.326 e. The van der Waals surface area contributed by atoms with E-state index >= 15 is 0 Å². The highest BCUT2D eigenvalue weighted by molar-refractivity contribution is 6.32. The molecule has 1 aliphatic heterocycles. The fraction of sp³-hybridized carbons (Fsp3) is 0.405. The molecule has 0 amide bonds. The SMILES string of the molecule is Cc1c(COc2cc(OCc3cncc(C#N)c3)c(CN[C@@](C)(CO)C(=O)O)cc2Cl)cccc1-c1cccc(OCCCN2CC[C@H](CO)[C@H](O)C2)c1C. The topological polar surface area (TPSA) is 178 Å². The molecule has 3 aromatic carbocycles. The van der Waals surface area contributed by atoms with E-state index in [-0.39, 0.29) is 32.3 Å². The van der Waals surface area contributed by atoms with Crippen LogP contribution in [0.15, 0.2) is 67.0 Å². The number of aromatic nitrogens is 1. The summed E-state index contributed by atoms with van der Waals surface area (Å²) in [5.41, 5.74) is 5.08. The Balaban J connectivity index is 1.29. The highest BCUT2D eigenvalue weighted by Gasteiger charge is 2.32. The van der Waals surface area contributed by atoms with Crippen LogP contribution in [0.1, 0.15) is 53.1 Å². The Kier molecular flexibility index (Phi) is 14.5. The lowest BCUT2D eigenvalue weighted by Crippen LogP contribution is -2.52. The number of aliphatic hydroxyl groups excluding tert-OH is 3. The molecule has 1 fully saturated rings. The number of aliphatic hydroxyl groups is 3. The summed E-state index contributed by atoms with van der Waals surface area (Å²) in [6, 6.07) is 19.1. The first-order valence-corrected chi connectivity index (χ1v) is 18.7. The lowest BCUT2D eigenvalue weighted by Gasteiger charge is -2.35. The first-order valence-electron chi connectivity index (χ1n) is 18.3. The van der Waals surface area contributed by atoms with Crippen LogP contribution < -0.4 is 19.5 Å². The number of hydrogen-bond acceptors (Lipinski definition) is 11. The van der Waals surface area contributed by atoms with Gasteiger partial charge in [0.2, 0.25) is 0 Å².